The van der Waals surface area contributed by atoms with E-state index in [-0.39, 0.29) is 5.82 Å². The fraction of sp³-hybridized carbons (Fsp3) is 0.385. The van der Waals surface area contributed by atoms with E-state index >= 15 is 0 Å². The Morgan fingerprint density at radius 3 is 2.67 bits per heavy atom. The van der Waals surface area contributed by atoms with Crippen LogP contribution in [-0.2, 0) is 6.54 Å². The number of hydrogen-bond acceptors (Lipinski definition) is 1. The average Bonchev–Trinajstić information content (AvgIpc) is 2.71. The van der Waals surface area contributed by atoms with E-state index < -0.39 is 0 Å². The van der Waals surface area contributed by atoms with Crippen LogP contribution in [0, 0.1) is 18.2 Å². The zero-order valence-electron chi connectivity index (χ0n) is 8.67. The highest BCUT2D eigenvalue weighted by molar-refractivity contribution is 5.35. The topological polar surface area (TPSA) is 3.24 Å². The zero-order valence-corrected chi connectivity index (χ0v) is 8.67. The first kappa shape index (κ1) is 10.2. The van der Waals surface area contributed by atoms with Crippen LogP contribution in [-0.4, -0.2) is 18.0 Å². The predicted octanol–water partition coefficient (Wildman–Crippen LogP) is 2.40. The van der Waals surface area contributed by atoms with E-state index in [0.29, 0.717) is 5.56 Å². The van der Waals surface area contributed by atoms with Crippen LogP contribution in [0.2, 0.25) is 0 Å². The minimum atomic E-state index is -0.283. The van der Waals surface area contributed by atoms with Gasteiger partial charge in [0.1, 0.15) is 5.82 Å². The molecule has 0 atom stereocenters. The van der Waals surface area contributed by atoms with E-state index in [1.807, 2.05) is 6.07 Å². The number of rotatable bonds is 2. The molecule has 2 heteroatoms. The van der Waals surface area contributed by atoms with Gasteiger partial charge in [0.25, 0.3) is 0 Å². The summed E-state index contributed by atoms with van der Waals surface area (Å²) in [7, 11) is 0. The van der Waals surface area contributed by atoms with Gasteiger partial charge < -0.3 is 0 Å². The summed E-state index contributed by atoms with van der Waals surface area (Å²) < 4.78 is 13.4. The van der Waals surface area contributed by atoms with Crippen molar-refractivity contribution >= 4 is 0 Å². The first-order valence-corrected chi connectivity index (χ1v) is 5.27. The average molecular weight is 203 g/mol. The van der Waals surface area contributed by atoms with Crippen molar-refractivity contribution in [2.45, 2.75) is 19.4 Å². The number of benzene rings is 1. The van der Waals surface area contributed by atoms with E-state index in [2.05, 4.69) is 10.8 Å². The molecule has 0 bridgehead atoms. The Balaban J connectivity index is 2.09. The molecule has 0 unspecified atom stereocenters. The molecule has 0 spiro atoms. The Morgan fingerprint density at radius 2 is 2.07 bits per heavy atom. The summed E-state index contributed by atoms with van der Waals surface area (Å²) in [6.45, 7) is 3.08. The summed E-state index contributed by atoms with van der Waals surface area (Å²) in [6, 6.07) is 5.14. The van der Waals surface area contributed by atoms with E-state index in [9.17, 15) is 4.39 Å². The molecule has 0 aliphatic carbocycles. The maximum Gasteiger partial charge on any atom is 0.139 e. The van der Waals surface area contributed by atoms with E-state index in [0.717, 1.165) is 25.2 Å². The number of terminal acetylenes is 1. The molecule has 15 heavy (non-hydrogen) atoms. The summed E-state index contributed by atoms with van der Waals surface area (Å²) in [5.41, 5.74) is 1.36. The van der Waals surface area contributed by atoms with Gasteiger partial charge in [-0.25, -0.2) is 4.39 Å². The molecule has 2 rings (SSSR count). The SMILES string of the molecule is C#Cc1ccc(CN2CCCC2)cc1F. The molecule has 1 aliphatic heterocycles. The fourth-order valence-corrected chi connectivity index (χ4v) is 1.97. The van der Waals surface area contributed by atoms with E-state index in [1.54, 1.807) is 12.1 Å². The molecule has 0 amide bonds. The maximum absolute atomic E-state index is 13.4. The largest absolute Gasteiger partial charge is 0.299 e. The number of likely N-dealkylation sites (tertiary alicyclic amines) is 1. The highest BCUT2D eigenvalue weighted by Crippen LogP contribution is 2.15. The minimum Gasteiger partial charge on any atom is -0.299 e. The van der Waals surface area contributed by atoms with Crippen molar-refractivity contribution in [1.82, 2.24) is 4.90 Å². The van der Waals surface area contributed by atoms with Crippen LogP contribution in [0.1, 0.15) is 24.0 Å². The van der Waals surface area contributed by atoms with Gasteiger partial charge in [-0.3, -0.25) is 4.90 Å². The van der Waals surface area contributed by atoms with Gasteiger partial charge in [-0.1, -0.05) is 12.0 Å². The van der Waals surface area contributed by atoms with Gasteiger partial charge in [0.15, 0.2) is 0 Å². The Morgan fingerprint density at radius 1 is 1.33 bits per heavy atom. The molecule has 1 aliphatic rings. The summed E-state index contributed by atoms with van der Waals surface area (Å²) in [5.74, 6) is 2.04. The maximum atomic E-state index is 13.4. The van der Waals surface area contributed by atoms with Crippen molar-refractivity contribution in [3.63, 3.8) is 0 Å². The molecular formula is C13H14FN. The first-order chi connectivity index (χ1) is 7.29. The first-order valence-electron chi connectivity index (χ1n) is 5.27. The lowest BCUT2D eigenvalue weighted by Crippen LogP contribution is -2.18. The summed E-state index contributed by atoms with van der Waals surface area (Å²) in [6.07, 6.45) is 7.67. The highest BCUT2D eigenvalue weighted by atomic mass is 19.1. The van der Waals surface area contributed by atoms with Gasteiger partial charge in [-0.05, 0) is 43.6 Å². The number of hydrogen-bond donors (Lipinski definition) is 0. The second-order valence-electron chi connectivity index (χ2n) is 3.94. The predicted molar refractivity (Wildman–Crippen MR) is 58.8 cm³/mol. The number of nitrogens with zero attached hydrogens (tertiary/aromatic N) is 1. The molecular weight excluding hydrogens is 189 g/mol. The second-order valence-corrected chi connectivity index (χ2v) is 3.94. The third kappa shape index (κ3) is 2.37. The normalized spacial score (nSPS) is 16.5. The van der Waals surface area contributed by atoms with Crippen LogP contribution in [0.3, 0.4) is 0 Å². The van der Waals surface area contributed by atoms with Crippen molar-refractivity contribution in [2.75, 3.05) is 13.1 Å². The molecule has 1 saturated heterocycles. The van der Waals surface area contributed by atoms with Crippen LogP contribution in [0.15, 0.2) is 18.2 Å². The Kier molecular flexibility index (Phi) is 3.03. The molecule has 1 aromatic rings. The van der Waals surface area contributed by atoms with E-state index in [1.165, 1.54) is 12.8 Å². The quantitative estimate of drug-likeness (QED) is 0.667. The fourth-order valence-electron chi connectivity index (χ4n) is 1.97. The third-order valence-corrected chi connectivity index (χ3v) is 2.79. The van der Waals surface area contributed by atoms with Crippen molar-refractivity contribution in [1.29, 1.82) is 0 Å². The summed E-state index contributed by atoms with van der Waals surface area (Å²) in [5, 5.41) is 0. The van der Waals surface area contributed by atoms with Gasteiger partial charge in [0, 0.05) is 6.54 Å². The Labute approximate surface area is 89.9 Å². The van der Waals surface area contributed by atoms with Crippen LogP contribution in [0.25, 0.3) is 0 Å². The van der Waals surface area contributed by atoms with Gasteiger partial charge in [0.05, 0.1) is 5.56 Å². The molecule has 0 saturated carbocycles. The molecule has 78 valence electrons. The van der Waals surface area contributed by atoms with Gasteiger partial charge in [-0.2, -0.15) is 0 Å². The van der Waals surface area contributed by atoms with Crippen molar-refractivity contribution in [2.24, 2.45) is 0 Å². The Bertz CT molecular complexity index is 386. The lowest BCUT2D eigenvalue weighted by atomic mass is 10.1. The lowest BCUT2D eigenvalue weighted by molar-refractivity contribution is 0.331. The van der Waals surface area contributed by atoms with Crippen LogP contribution >= 0.6 is 0 Å². The summed E-state index contributed by atoms with van der Waals surface area (Å²) >= 11 is 0. The number of halogens is 1. The van der Waals surface area contributed by atoms with Crippen LogP contribution in [0.5, 0.6) is 0 Å². The van der Waals surface area contributed by atoms with Crippen molar-refractivity contribution < 1.29 is 4.39 Å². The lowest BCUT2D eigenvalue weighted by Gasteiger charge is -2.14. The molecule has 0 N–H and O–H groups in total. The van der Waals surface area contributed by atoms with E-state index in [4.69, 9.17) is 6.42 Å². The third-order valence-electron chi connectivity index (χ3n) is 2.79. The highest BCUT2D eigenvalue weighted by Gasteiger charge is 2.12. The molecule has 1 nitrogen and oxygen atoms in total. The van der Waals surface area contributed by atoms with Crippen molar-refractivity contribution in [3.05, 3.63) is 35.1 Å². The smallest absolute Gasteiger partial charge is 0.139 e. The summed E-state index contributed by atoms with van der Waals surface area (Å²) in [4.78, 5) is 2.34. The minimum absolute atomic E-state index is 0.283. The molecule has 1 heterocycles. The van der Waals surface area contributed by atoms with Crippen molar-refractivity contribution in [3.8, 4) is 12.3 Å². The standard InChI is InChI=1S/C13H14FN/c1-2-12-6-5-11(9-13(12)14)10-15-7-3-4-8-15/h1,5-6,9H,3-4,7-8,10H2. The second kappa shape index (κ2) is 4.46. The monoisotopic (exact) mass is 203 g/mol. The molecule has 0 radical (unpaired) electrons. The molecule has 1 fully saturated rings. The van der Waals surface area contributed by atoms with Gasteiger partial charge in [0.2, 0.25) is 0 Å². The van der Waals surface area contributed by atoms with Gasteiger partial charge >= 0.3 is 0 Å². The van der Waals surface area contributed by atoms with Gasteiger partial charge in [-0.15, -0.1) is 6.42 Å². The molecule has 0 aromatic heterocycles. The molecule has 1 aromatic carbocycles. The zero-order chi connectivity index (χ0) is 10.7. The van der Waals surface area contributed by atoms with Crippen LogP contribution < -0.4 is 0 Å². The Hall–Kier alpha value is -1.33. The van der Waals surface area contributed by atoms with Crippen LogP contribution in [0.4, 0.5) is 4.39 Å².